The fourth-order valence-electron chi connectivity index (χ4n) is 1.97. The van der Waals surface area contributed by atoms with Gasteiger partial charge in [-0.25, -0.2) is 0 Å². The average molecular weight is 350 g/mol. The van der Waals surface area contributed by atoms with Gasteiger partial charge in [0.25, 0.3) is 10.1 Å². The Morgan fingerprint density at radius 3 is 2.46 bits per heavy atom. The van der Waals surface area contributed by atoms with Crippen molar-refractivity contribution in [3.63, 3.8) is 0 Å². The maximum Gasteiger partial charge on any atom is 0.297 e. The Balaban J connectivity index is 2.01. The third-order valence-corrected chi connectivity index (χ3v) is 4.57. The van der Waals surface area contributed by atoms with Crippen molar-refractivity contribution in [2.45, 2.75) is 17.9 Å². The maximum atomic E-state index is 12.1. The molecule has 1 unspecified atom stereocenters. The SMILES string of the molecule is COc1ccc(OCC(C)OS(=O)(=O)c2ccccc2)c(C=O)c1. The molecule has 0 spiro atoms. The molecule has 7 heteroatoms. The van der Waals surface area contributed by atoms with Gasteiger partial charge in [0.2, 0.25) is 0 Å². The molecule has 0 aliphatic carbocycles. The molecule has 0 radical (unpaired) electrons. The summed E-state index contributed by atoms with van der Waals surface area (Å²) in [7, 11) is -2.36. The lowest BCUT2D eigenvalue weighted by Gasteiger charge is -2.15. The van der Waals surface area contributed by atoms with Gasteiger partial charge in [0.1, 0.15) is 24.2 Å². The third kappa shape index (κ3) is 4.56. The highest BCUT2D eigenvalue weighted by Crippen LogP contribution is 2.23. The molecule has 0 aliphatic rings. The van der Waals surface area contributed by atoms with Crippen molar-refractivity contribution in [1.82, 2.24) is 0 Å². The monoisotopic (exact) mass is 350 g/mol. The Hall–Kier alpha value is -2.38. The number of aldehydes is 1. The van der Waals surface area contributed by atoms with Crippen LogP contribution < -0.4 is 9.47 Å². The summed E-state index contributed by atoms with van der Waals surface area (Å²) in [6.45, 7) is 1.55. The van der Waals surface area contributed by atoms with Crippen LogP contribution in [0.15, 0.2) is 53.4 Å². The second-order valence-electron chi connectivity index (χ2n) is 5.01. The summed E-state index contributed by atoms with van der Waals surface area (Å²) in [6.07, 6.45) is -0.0822. The van der Waals surface area contributed by atoms with Gasteiger partial charge in [-0.2, -0.15) is 8.42 Å². The zero-order chi connectivity index (χ0) is 17.6. The van der Waals surface area contributed by atoms with Crippen molar-refractivity contribution >= 4 is 16.4 Å². The summed E-state index contributed by atoms with van der Waals surface area (Å²) >= 11 is 0. The first-order valence-corrected chi connectivity index (χ1v) is 8.61. The molecule has 24 heavy (non-hydrogen) atoms. The van der Waals surface area contributed by atoms with E-state index in [-0.39, 0.29) is 11.5 Å². The van der Waals surface area contributed by atoms with Gasteiger partial charge in [0.05, 0.1) is 17.6 Å². The van der Waals surface area contributed by atoms with Crippen LogP contribution in [0.5, 0.6) is 11.5 Å². The van der Waals surface area contributed by atoms with Crippen LogP contribution in [-0.4, -0.2) is 34.5 Å². The highest BCUT2D eigenvalue weighted by Gasteiger charge is 2.19. The van der Waals surface area contributed by atoms with Crippen LogP contribution in [0, 0.1) is 0 Å². The van der Waals surface area contributed by atoms with E-state index in [1.807, 2.05) is 0 Å². The molecule has 0 aliphatic heterocycles. The molecule has 1 atom stereocenters. The number of hydrogen-bond acceptors (Lipinski definition) is 6. The van der Waals surface area contributed by atoms with Crippen molar-refractivity contribution in [1.29, 1.82) is 0 Å². The number of carbonyl (C=O) groups excluding carboxylic acids is 1. The molecular weight excluding hydrogens is 332 g/mol. The van der Waals surface area contributed by atoms with Crippen LogP contribution in [0.2, 0.25) is 0 Å². The summed E-state index contributed by atoms with van der Waals surface area (Å²) in [5.41, 5.74) is 0.312. The summed E-state index contributed by atoms with van der Waals surface area (Å²) in [5, 5.41) is 0. The van der Waals surface area contributed by atoms with Gasteiger partial charge in [0.15, 0.2) is 6.29 Å². The lowest BCUT2D eigenvalue weighted by molar-refractivity contribution is 0.111. The molecular formula is C17H18O6S. The Kier molecular flexibility index (Phi) is 5.94. The first-order valence-electron chi connectivity index (χ1n) is 7.20. The minimum Gasteiger partial charge on any atom is -0.497 e. The zero-order valence-electron chi connectivity index (χ0n) is 13.3. The van der Waals surface area contributed by atoms with E-state index in [1.54, 1.807) is 37.3 Å². The lowest BCUT2D eigenvalue weighted by atomic mass is 10.2. The van der Waals surface area contributed by atoms with Crippen LogP contribution in [0.25, 0.3) is 0 Å². The van der Waals surface area contributed by atoms with E-state index >= 15 is 0 Å². The number of ether oxygens (including phenoxy) is 2. The molecule has 0 heterocycles. The summed E-state index contributed by atoms with van der Waals surface area (Å²) in [5.74, 6) is 0.860. The van der Waals surface area contributed by atoms with E-state index in [1.165, 1.54) is 25.3 Å². The van der Waals surface area contributed by atoms with E-state index in [9.17, 15) is 13.2 Å². The number of hydrogen-bond donors (Lipinski definition) is 0. The quantitative estimate of drug-likeness (QED) is 0.538. The molecule has 0 saturated heterocycles. The van der Waals surface area contributed by atoms with Crippen molar-refractivity contribution < 1.29 is 26.9 Å². The first-order chi connectivity index (χ1) is 11.5. The molecule has 0 aromatic heterocycles. The van der Waals surface area contributed by atoms with Gasteiger partial charge >= 0.3 is 0 Å². The highest BCUT2D eigenvalue weighted by atomic mass is 32.2. The predicted octanol–water partition coefficient (Wildman–Crippen LogP) is 2.68. The van der Waals surface area contributed by atoms with Crippen LogP contribution in [0.1, 0.15) is 17.3 Å². The molecule has 0 bridgehead atoms. The van der Waals surface area contributed by atoms with Gasteiger partial charge in [-0.05, 0) is 37.3 Å². The third-order valence-electron chi connectivity index (χ3n) is 3.14. The van der Waals surface area contributed by atoms with E-state index < -0.39 is 16.2 Å². The van der Waals surface area contributed by atoms with E-state index in [0.29, 0.717) is 23.3 Å². The Morgan fingerprint density at radius 2 is 1.83 bits per heavy atom. The number of methoxy groups -OCH3 is 1. The van der Waals surface area contributed by atoms with Crippen molar-refractivity contribution in [3.05, 3.63) is 54.1 Å². The molecule has 2 rings (SSSR count). The minimum atomic E-state index is -3.86. The Bertz CT molecular complexity index is 786. The maximum absolute atomic E-state index is 12.1. The van der Waals surface area contributed by atoms with Gasteiger partial charge < -0.3 is 9.47 Å². The molecule has 128 valence electrons. The number of benzene rings is 2. The summed E-state index contributed by atoms with van der Waals surface area (Å²) < 4.78 is 39.8. The van der Waals surface area contributed by atoms with E-state index in [4.69, 9.17) is 13.7 Å². The predicted molar refractivity (Wildman–Crippen MR) is 88.1 cm³/mol. The molecule has 0 amide bonds. The minimum absolute atomic E-state index is 0.0285. The Labute approximate surface area is 141 Å². The first kappa shape index (κ1) is 18.0. The molecule has 2 aromatic rings. The topological polar surface area (TPSA) is 78.9 Å². The summed E-state index contributed by atoms with van der Waals surface area (Å²) in [4.78, 5) is 11.2. The number of carbonyl (C=O) groups is 1. The number of rotatable bonds is 8. The van der Waals surface area contributed by atoms with Gasteiger partial charge in [-0.1, -0.05) is 18.2 Å². The standard InChI is InChI=1S/C17H18O6S/c1-13(23-24(19,20)16-6-4-3-5-7-16)12-22-17-9-8-15(21-2)10-14(17)11-18/h3-11,13H,12H2,1-2H3. The molecule has 0 fully saturated rings. The Morgan fingerprint density at radius 1 is 1.12 bits per heavy atom. The highest BCUT2D eigenvalue weighted by molar-refractivity contribution is 7.86. The fourth-order valence-corrected chi connectivity index (χ4v) is 3.06. The second-order valence-corrected chi connectivity index (χ2v) is 6.58. The molecule has 6 nitrogen and oxygen atoms in total. The van der Waals surface area contributed by atoms with E-state index in [0.717, 1.165) is 0 Å². The lowest BCUT2D eigenvalue weighted by Crippen LogP contribution is -2.22. The zero-order valence-corrected chi connectivity index (χ0v) is 14.2. The normalized spacial score (nSPS) is 12.4. The molecule has 0 N–H and O–H groups in total. The molecule has 0 saturated carbocycles. The van der Waals surface area contributed by atoms with Gasteiger partial charge in [-0.15, -0.1) is 0 Å². The van der Waals surface area contributed by atoms with Crippen LogP contribution in [0.4, 0.5) is 0 Å². The van der Waals surface area contributed by atoms with Crippen LogP contribution in [0.3, 0.4) is 0 Å². The smallest absolute Gasteiger partial charge is 0.297 e. The van der Waals surface area contributed by atoms with Crippen molar-refractivity contribution in [3.8, 4) is 11.5 Å². The summed E-state index contributed by atoms with van der Waals surface area (Å²) in [6, 6.07) is 12.6. The van der Waals surface area contributed by atoms with Gasteiger partial charge in [0, 0.05) is 0 Å². The van der Waals surface area contributed by atoms with Crippen molar-refractivity contribution in [2.75, 3.05) is 13.7 Å². The van der Waals surface area contributed by atoms with Crippen molar-refractivity contribution in [2.24, 2.45) is 0 Å². The van der Waals surface area contributed by atoms with Crippen LogP contribution in [-0.2, 0) is 14.3 Å². The average Bonchev–Trinajstić information content (AvgIpc) is 2.60. The largest absolute Gasteiger partial charge is 0.497 e. The second kappa shape index (κ2) is 7.94. The van der Waals surface area contributed by atoms with Crippen LogP contribution >= 0.6 is 0 Å². The van der Waals surface area contributed by atoms with E-state index in [2.05, 4.69) is 0 Å². The fraction of sp³-hybridized carbons (Fsp3) is 0.235. The van der Waals surface area contributed by atoms with Gasteiger partial charge in [-0.3, -0.25) is 8.98 Å². The molecule has 2 aromatic carbocycles.